The van der Waals surface area contributed by atoms with Gasteiger partial charge in [-0.05, 0) is 43.5 Å². The smallest absolute Gasteiger partial charge is 0.270 e. The summed E-state index contributed by atoms with van der Waals surface area (Å²) < 4.78 is 5.49. The van der Waals surface area contributed by atoms with Crippen LogP contribution in [-0.2, 0) is 4.79 Å². The zero-order chi connectivity index (χ0) is 17.0. The van der Waals surface area contributed by atoms with Crippen LogP contribution in [0.5, 0.6) is 5.75 Å². The Morgan fingerprint density at radius 3 is 2.30 bits per heavy atom. The molecule has 1 amide bonds. The summed E-state index contributed by atoms with van der Waals surface area (Å²) in [5.74, 6) is 0.341. The molecule has 2 aromatic rings. The molecule has 0 aliphatic heterocycles. The van der Waals surface area contributed by atoms with E-state index in [1.807, 2.05) is 25.1 Å². The van der Waals surface area contributed by atoms with Crippen LogP contribution in [0.4, 0.5) is 11.4 Å². The van der Waals surface area contributed by atoms with Crippen molar-refractivity contribution >= 4 is 17.3 Å². The van der Waals surface area contributed by atoms with Gasteiger partial charge in [0.05, 0.1) is 4.92 Å². The van der Waals surface area contributed by atoms with Gasteiger partial charge in [0.25, 0.3) is 11.6 Å². The third-order valence-electron chi connectivity index (χ3n) is 3.45. The van der Waals surface area contributed by atoms with Crippen molar-refractivity contribution in [3.8, 4) is 5.75 Å². The van der Waals surface area contributed by atoms with E-state index in [-0.39, 0.29) is 18.2 Å². The van der Waals surface area contributed by atoms with Crippen LogP contribution in [-0.4, -0.2) is 17.4 Å². The second kappa shape index (κ2) is 6.91. The molecule has 0 heterocycles. The highest BCUT2D eigenvalue weighted by Crippen LogP contribution is 2.26. The Kier molecular flexibility index (Phi) is 4.95. The molecule has 0 radical (unpaired) electrons. The molecule has 120 valence electrons. The fraction of sp³-hybridized carbons (Fsp3) is 0.235. The summed E-state index contributed by atoms with van der Waals surface area (Å²) in [6.45, 7) is 5.22. The van der Waals surface area contributed by atoms with Crippen molar-refractivity contribution < 1.29 is 14.5 Å². The Bertz CT molecular complexity index is 733. The quantitative estimate of drug-likeness (QED) is 0.676. The first-order valence-corrected chi connectivity index (χ1v) is 7.12. The first-order valence-electron chi connectivity index (χ1n) is 7.12. The van der Waals surface area contributed by atoms with E-state index in [0.29, 0.717) is 22.6 Å². The first-order chi connectivity index (χ1) is 10.9. The van der Waals surface area contributed by atoms with Gasteiger partial charge >= 0.3 is 0 Å². The number of rotatable bonds is 5. The Labute approximate surface area is 134 Å². The third-order valence-corrected chi connectivity index (χ3v) is 3.45. The van der Waals surface area contributed by atoms with Crippen molar-refractivity contribution in [1.82, 2.24) is 0 Å². The van der Waals surface area contributed by atoms with E-state index >= 15 is 0 Å². The molecular weight excluding hydrogens is 296 g/mol. The Balaban J connectivity index is 2.06. The Morgan fingerprint density at radius 2 is 1.74 bits per heavy atom. The van der Waals surface area contributed by atoms with Crippen molar-refractivity contribution in [3.05, 3.63) is 63.2 Å². The minimum Gasteiger partial charge on any atom is -0.483 e. The van der Waals surface area contributed by atoms with Gasteiger partial charge in [0.15, 0.2) is 6.61 Å². The van der Waals surface area contributed by atoms with Crippen LogP contribution < -0.4 is 10.1 Å². The number of carbonyl (C=O) groups is 1. The number of nitrogens with one attached hydrogen (secondary N) is 1. The zero-order valence-corrected chi connectivity index (χ0v) is 13.3. The van der Waals surface area contributed by atoms with Crippen molar-refractivity contribution in [3.63, 3.8) is 0 Å². The van der Waals surface area contributed by atoms with Crippen LogP contribution in [0.25, 0.3) is 0 Å². The standard InChI is InChI=1S/C17H18N2O4/c1-11-6-4-5-7-15(11)23-10-16(20)18-17-12(2)8-14(19(21)22)9-13(17)3/h4-9H,10H2,1-3H3,(H,18,20). The summed E-state index contributed by atoms with van der Waals surface area (Å²) in [5, 5.41) is 13.6. The average Bonchev–Trinajstić information content (AvgIpc) is 2.49. The number of benzene rings is 2. The maximum absolute atomic E-state index is 12.1. The van der Waals surface area contributed by atoms with Crippen molar-refractivity contribution in [2.45, 2.75) is 20.8 Å². The second-order valence-electron chi connectivity index (χ2n) is 5.31. The number of ether oxygens (including phenoxy) is 1. The molecule has 0 saturated heterocycles. The number of non-ortho nitro benzene ring substituents is 1. The number of carbonyl (C=O) groups excluding carboxylic acids is 1. The van der Waals surface area contributed by atoms with E-state index in [2.05, 4.69) is 5.32 Å². The van der Waals surface area contributed by atoms with Gasteiger partial charge in [0.2, 0.25) is 0 Å². The lowest BCUT2D eigenvalue weighted by Crippen LogP contribution is -2.21. The highest BCUT2D eigenvalue weighted by atomic mass is 16.6. The molecule has 0 spiro atoms. The topological polar surface area (TPSA) is 81.5 Å². The number of para-hydroxylation sites is 1. The lowest BCUT2D eigenvalue weighted by atomic mass is 10.1. The van der Waals surface area contributed by atoms with E-state index in [0.717, 1.165) is 5.56 Å². The molecule has 0 atom stereocenters. The van der Waals surface area contributed by atoms with Gasteiger partial charge in [-0.3, -0.25) is 14.9 Å². The van der Waals surface area contributed by atoms with Gasteiger partial charge in [0.1, 0.15) is 5.75 Å². The SMILES string of the molecule is Cc1ccccc1OCC(=O)Nc1c(C)cc([N+](=O)[O-])cc1C. The summed E-state index contributed by atoms with van der Waals surface area (Å²) in [7, 11) is 0. The molecule has 0 unspecified atom stereocenters. The molecule has 0 bridgehead atoms. The molecule has 0 fully saturated rings. The summed E-state index contributed by atoms with van der Waals surface area (Å²) >= 11 is 0. The maximum atomic E-state index is 12.1. The molecule has 6 heteroatoms. The summed E-state index contributed by atoms with van der Waals surface area (Å²) in [5.41, 5.74) is 2.81. The van der Waals surface area contributed by atoms with Crippen LogP contribution in [0.3, 0.4) is 0 Å². The van der Waals surface area contributed by atoms with Crippen molar-refractivity contribution in [2.24, 2.45) is 0 Å². The Morgan fingerprint density at radius 1 is 1.13 bits per heavy atom. The monoisotopic (exact) mass is 314 g/mol. The highest BCUT2D eigenvalue weighted by molar-refractivity contribution is 5.93. The van der Waals surface area contributed by atoms with E-state index in [9.17, 15) is 14.9 Å². The fourth-order valence-electron chi connectivity index (χ4n) is 2.28. The number of anilines is 1. The molecule has 0 aromatic heterocycles. The number of hydrogen-bond acceptors (Lipinski definition) is 4. The van der Waals surface area contributed by atoms with Gasteiger partial charge in [0, 0.05) is 17.8 Å². The van der Waals surface area contributed by atoms with Crippen LogP contribution in [0.2, 0.25) is 0 Å². The van der Waals surface area contributed by atoms with Crippen LogP contribution in [0.1, 0.15) is 16.7 Å². The minimum absolute atomic E-state index is 0.00848. The number of hydrogen-bond donors (Lipinski definition) is 1. The van der Waals surface area contributed by atoms with Gasteiger partial charge in [-0.1, -0.05) is 18.2 Å². The van der Waals surface area contributed by atoms with Crippen LogP contribution in [0, 0.1) is 30.9 Å². The molecule has 23 heavy (non-hydrogen) atoms. The maximum Gasteiger partial charge on any atom is 0.270 e. The number of nitro groups is 1. The van der Waals surface area contributed by atoms with Crippen LogP contribution >= 0.6 is 0 Å². The molecule has 0 aliphatic carbocycles. The summed E-state index contributed by atoms with van der Waals surface area (Å²) in [6.07, 6.45) is 0. The third kappa shape index (κ3) is 4.06. The van der Waals surface area contributed by atoms with Gasteiger partial charge in [-0.25, -0.2) is 0 Å². The molecule has 2 rings (SSSR count). The van der Waals surface area contributed by atoms with Gasteiger partial charge in [-0.2, -0.15) is 0 Å². The van der Waals surface area contributed by atoms with E-state index in [4.69, 9.17) is 4.74 Å². The van der Waals surface area contributed by atoms with E-state index < -0.39 is 4.92 Å². The molecule has 6 nitrogen and oxygen atoms in total. The lowest BCUT2D eigenvalue weighted by molar-refractivity contribution is -0.384. The minimum atomic E-state index is -0.451. The number of amides is 1. The average molecular weight is 314 g/mol. The summed E-state index contributed by atoms with van der Waals surface area (Å²) in [6, 6.07) is 10.3. The zero-order valence-electron chi connectivity index (χ0n) is 13.3. The van der Waals surface area contributed by atoms with Gasteiger partial charge in [-0.15, -0.1) is 0 Å². The van der Waals surface area contributed by atoms with Crippen LogP contribution in [0.15, 0.2) is 36.4 Å². The molecule has 2 aromatic carbocycles. The first kappa shape index (κ1) is 16.5. The molecule has 0 saturated carbocycles. The lowest BCUT2D eigenvalue weighted by Gasteiger charge is -2.13. The molecule has 0 aliphatic rings. The summed E-state index contributed by atoms with van der Waals surface area (Å²) in [4.78, 5) is 22.4. The van der Waals surface area contributed by atoms with Crippen molar-refractivity contribution in [2.75, 3.05) is 11.9 Å². The normalized spacial score (nSPS) is 10.2. The van der Waals surface area contributed by atoms with E-state index in [1.54, 1.807) is 19.9 Å². The molecular formula is C17H18N2O4. The number of aryl methyl sites for hydroxylation is 3. The fourth-order valence-corrected chi connectivity index (χ4v) is 2.28. The highest BCUT2D eigenvalue weighted by Gasteiger charge is 2.14. The Hall–Kier alpha value is -2.89. The largest absolute Gasteiger partial charge is 0.483 e. The number of nitro benzene ring substituents is 1. The van der Waals surface area contributed by atoms with E-state index in [1.165, 1.54) is 12.1 Å². The second-order valence-corrected chi connectivity index (χ2v) is 5.31. The molecule has 1 N–H and O–H groups in total. The van der Waals surface area contributed by atoms with Crippen molar-refractivity contribution in [1.29, 1.82) is 0 Å². The number of nitrogens with zero attached hydrogens (tertiary/aromatic N) is 1. The predicted molar refractivity (Wildman–Crippen MR) is 87.9 cm³/mol. The van der Waals surface area contributed by atoms with Gasteiger partial charge < -0.3 is 10.1 Å². The predicted octanol–water partition coefficient (Wildman–Crippen LogP) is 3.54.